The maximum Gasteiger partial charge on any atom is 0.264 e. The molecular weight excluding hydrogens is 472 g/mol. The third kappa shape index (κ3) is 5.26. The maximum absolute atomic E-state index is 13.7. The molecule has 190 valence electrons. The van der Waals surface area contributed by atoms with Crippen LogP contribution < -0.4 is 14.4 Å². The van der Waals surface area contributed by atoms with E-state index in [4.69, 9.17) is 4.74 Å². The molecule has 1 aliphatic rings. The van der Waals surface area contributed by atoms with Gasteiger partial charge in [-0.3, -0.25) is 9.10 Å². The van der Waals surface area contributed by atoms with Gasteiger partial charge in [-0.1, -0.05) is 61.9 Å². The average Bonchev–Trinajstić information content (AvgIpc) is 2.87. The SMILES string of the molecule is CCC1(CC)C[C@@H](NC(=O)CN(c2cccc(C)c2)S(=O)(=O)c2ccc(C)cc2)c2ccccc2O1. The van der Waals surface area contributed by atoms with Crippen molar-refractivity contribution in [2.24, 2.45) is 0 Å². The van der Waals surface area contributed by atoms with E-state index in [0.717, 1.165) is 35.3 Å². The Balaban J connectivity index is 1.65. The average molecular weight is 507 g/mol. The van der Waals surface area contributed by atoms with E-state index in [0.29, 0.717) is 12.1 Å². The number of hydrogen-bond donors (Lipinski definition) is 1. The molecule has 36 heavy (non-hydrogen) atoms. The standard InChI is InChI=1S/C29H34N2O4S/c1-5-29(6-2)19-26(25-12-7-8-13-27(25)35-29)30-28(32)20-31(23-11-9-10-22(4)18-23)36(33,34)24-16-14-21(3)15-17-24/h7-18,26H,5-6,19-20H2,1-4H3,(H,30,32)/t26-/m1/s1. The summed E-state index contributed by atoms with van der Waals surface area (Å²) in [6, 6.07) is 21.3. The normalized spacial score (nSPS) is 16.5. The van der Waals surface area contributed by atoms with Crippen molar-refractivity contribution in [3.05, 3.63) is 89.5 Å². The minimum absolute atomic E-state index is 0.148. The molecule has 6 nitrogen and oxygen atoms in total. The van der Waals surface area contributed by atoms with Gasteiger partial charge in [-0.05, 0) is 62.6 Å². The Hall–Kier alpha value is -3.32. The van der Waals surface area contributed by atoms with E-state index in [9.17, 15) is 13.2 Å². The van der Waals surface area contributed by atoms with Crippen molar-refractivity contribution >= 4 is 21.6 Å². The van der Waals surface area contributed by atoms with Crippen molar-refractivity contribution < 1.29 is 17.9 Å². The number of nitrogens with one attached hydrogen (secondary N) is 1. The van der Waals surface area contributed by atoms with Gasteiger partial charge in [0.25, 0.3) is 10.0 Å². The number of hydrogen-bond acceptors (Lipinski definition) is 4. The molecule has 4 rings (SSSR count). The Morgan fingerprint density at radius 3 is 2.33 bits per heavy atom. The van der Waals surface area contributed by atoms with Crippen LogP contribution in [0.1, 0.15) is 55.8 Å². The summed E-state index contributed by atoms with van der Waals surface area (Å²) in [5.41, 5.74) is 2.85. The summed E-state index contributed by atoms with van der Waals surface area (Å²) in [5, 5.41) is 3.12. The van der Waals surface area contributed by atoms with Gasteiger partial charge in [0.1, 0.15) is 17.9 Å². The van der Waals surface area contributed by atoms with Crippen molar-refractivity contribution in [1.82, 2.24) is 5.32 Å². The first-order chi connectivity index (χ1) is 17.2. The number of carbonyl (C=O) groups is 1. The molecule has 0 saturated carbocycles. The quantitative estimate of drug-likeness (QED) is 0.425. The second-order valence-electron chi connectivity index (χ2n) is 9.52. The number of rotatable bonds is 8. The second-order valence-corrected chi connectivity index (χ2v) is 11.4. The first-order valence-electron chi connectivity index (χ1n) is 12.4. The van der Waals surface area contributed by atoms with Crippen LogP contribution in [0.4, 0.5) is 5.69 Å². The largest absolute Gasteiger partial charge is 0.487 e. The monoisotopic (exact) mass is 506 g/mol. The van der Waals surface area contributed by atoms with Gasteiger partial charge in [-0.25, -0.2) is 8.42 Å². The highest BCUT2D eigenvalue weighted by Crippen LogP contribution is 2.42. The maximum atomic E-state index is 13.7. The van der Waals surface area contributed by atoms with Crippen molar-refractivity contribution in [2.75, 3.05) is 10.8 Å². The fourth-order valence-corrected chi connectivity index (χ4v) is 6.15. The first kappa shape index (κ1) is 25.8. The molecule has 1 atom stereocenters. The highest BCUT2D eigenvalue weighted by molar-refractivity contribution is 7.92. The summed E-state index contributed by atoms with van der Waals surface area (Å²) >= 11 is 0. The number of carbonyl (C=O) groups excluding carboxylic acids is 1. The minimum Gasteiger partial charge on any atom is -0.487 e. The Kier molecular flexibility index (Phi) is 7.41. The lowest BCUT2D eigenvalue weighted by Gasteiger charge is -2.41. The molecule has 0 spiro atoms. The first-order valence-corrected chi connectivity index (χ1v) is 13.8. The number of nitrogens with zero attached hydrogens (tertiary/aromatic N) is 1. The Labute approximate surface area is 214 Å². The van der Waals surface area contributed by atoms with Crippen LogP contribution in [0.3, 0.4) is 0 Å². The summed E-state index contributed by atoms with van der Waals surface area (Å²) < 4.78 is 35.0. The zero-order valence-corrected chi connectivity index (χ0v) is 22.1. The second kappa shape index (κ2) is 10.3. The van der Waals surface area contributed by atoms with Crippen LogP contribution in [0.5, 0.6) is 5.75 Å². The molecule has 1 N–H and O–H groups in total. The molecule has 0 saturated heterocycles. The summed E-state index contributed by atoms with van der Waals surface area (Å²) in [6.45, 7) is 7.65. The number of anilines is 1. The fraction of sp³-hybridized carbons (Fsp3) is 0.345. The lowest BCUT2D eigenvalue weighted by atomic mass is 9.83. The molecular formula is C29H34N2O4S. The van der Waals surface area contributed by atoms with Gasteiger partial charge in [-0.15, -0.1) is 0 Å². The summed E-state index contributed by atoms with van der Waals surface area (Å²) in [6.07, 6.45) is 2.24. The van der Waals surface area contributed by atoms with Crippen LogP contribution in [-0.4, -0.2) is 26.5 Å². The third-order valence-corrected chi connectivity index (χ3v) is 8.79. The highest BCUT2D eigenvalue weighted by Gasteiger charge is 2.39. The van der Waals surface area contributed by atoms with Crippen LogP contribution in [0.2, 0.25) is 0 Å². The zero-order chi connectivity index (χ0) is 25.9. The van der Waals surface area contributed by atoms with Gasteiger partial charge in [0.2, 0.25) is 5.91 Å². The van der Waals surface area contributed by atoms with Crippen LogP contribution in [-0.2, 0) is 14.8 Å². The molecule has 0 bridgehead atoms. The predicted molar refractivity (Wildman–Crippen MR) is 143 cm³/mol. The van der Waals surface area contributed by atoms with Crippen LogP contribution >= 0.6 is 0 Å². The van der Waals surface area contributed by atoms with E-state index in [1.807, 2.05) is 44.2 Å². The number of fused-ring (bicyclic) bond motifs is 1. The lowest BCUT2D eigenvalue weighted by Crippen LogP contribution is -2.47. The van der Waals surface area contributed by atoms with Crippen LogP contribution in [0.15, 0.2) is 77.7 Å². The minimum atomic E-state index is -3.97. The molecule has 1 heterocycles. The molecule has 0 fully saturated rings. The molecule has 3 aromatic carbocycles. The van der Waals surface area contributed by atoms with Gasteiger partial charge in [0.05, 0.1) is 16.6 Å². The molecule has 1 aliphatic heterocycles. The predicted octanol–water partition coefficient (Wildman–Crippen LogP) is 5.70. The molecule has 0 unspecified atom stereocenters. The number of para-hydroxylation sites is 1. The van der Waals surface area contributed by atoms with Gasteiger partial charge in [0.15, 0.2) is 0 Å². The van der Waals surface area contributed by atoms with E-state index >= 15 is 0 Å². The van der Waals surface area contributed by atoms with E-state index in [-0.39, 0.29) is 29.0 Å². The Morgan fingerprint density at radius 2 is 1.67 bits per heavy atom. The van der Waals surface area contributed by atoms with E-state index in [2.05, 4.69) is 19.2 Å². The van der Waals surface area contributed by atoms with Crippen molar-refractivity contribution in [2.45, 2.75) is 63.5 Å². The lowest BCUT2D eigenvalue weighted by molar-refractivity contribution is -0.121. The van der Waals surface area contributed by atoms with E-state index in [1.165, 1.54) is 4.31 Å². The third-order valence-electron chi connectivity index (χ3n) is 7.01. The summed E-state index contributed by atoms with van der Waals surface area (Å²) in [7, 11) is -3.97. The molecule has 0 aliphatic carbocycles. The van der Waals surface area contributed by atoms with Crippen molar-refractivity contribution in [3.63, 3.8) is 0 Å². The zero-order valence-electron chi connectivity index (χ0n) is 21.3. The van der Waals surface area contributed by atoms with Crippen molar-refractivity contribution in [3.8, 4) is 5.75 Å². The number of benzene rings is 3. The molecule has 3 aromatic rings. The molecule has 0 aromatic heterocycles. The molecule has 0 radical (unpaired) electrons. The van der Waals surface area contributed by atoms with E-state index < -0.39 is 10.0 Å². The van der Waals surface area contributed by atoms with Crippen LogP contribution in [0.25, 0.3) is 0 Å². The smallest absolute Gasteiger partial charge is 0.264 e. The van der Waals surface area contributed by atoms with Crippen LogP contribution in [0, 0.1) is 13.8 Å². The highest BCUT2D eigenvalue weighted by atomic mass is 32.2. The number of aryl methyl sites for hydroxylation is 2. The number of ether oxygens (including phenoxy) is 1. The molecule has 7 heteroatoms. The summed E-state index contributed by atoms with van der Waals surface area (Å²) in [5.74, 6) is 0.399. The van der Waals surface area contributed by atoms with E-state index in [1.54, 1.807) is 42.5 Å². The Morgan fingerprint density at radius 1 is 0.972 bits per heavy atom. The van der Waals surface area contributed by atoms with Gasteiger partial charge in [-0.2, -0.15) is 0 Å². The number of amides is 1. The Bertz CT molecular complexity index is 1330. The summed E-state index contributed by atoms with van der Waals surface area (Å²) in [4.78, 5) is 13.6. The number of sulfonamides is 1. The topological polar surface area (TPSA) is 75.7 Å². The molecule has 1 amide bonds. The fourth-order valence-electron chi connectivity index (χ4n) is 4.74. The van der Waals surface area contributed by atoms with Gasteiger partial charge < -0.3 is 10.1 Å². The van der Waals surface area contributed by atoms with Gasteiger partial charge in [0, 0.05) is 12.0 Å². The van der Waals surface area contributed by atoms with Gasteiger partial charge >= 0.3 is 0 Å². The van der Waals surface area contributed by atoms with Crippen molar-refractivity contribution in [1.29, 1.82) is 0 Å².